The standard InChI is InChI=1S/C23H23F3N6O3/c1-2-34-18-4-3-7-28-22(18)35-17-8-14(9-27-13-17)20-30-10-15(11-31-20)21(33)32-16-5-6-19(29-12-16)23(24,25)26/h3-4,7-11,13,16,19,29H,2,5-6,12H2,1H3,(H,32,33). The highest BCUT2D eigenvalue weighted by Crippen LogP contribution is 2.30. The van der Waals surface area contributed by atoms with Crippen molar-refractivity contribution in [1.29, 1.82) is 0 Å². The lowest BCUT2D eigenvalue weighted by molar-refractivity contribution is -0.160. The van der Waals surface area contributed by atoms with E-state index in [0.29, 0.717) is 35.4 Å². The van der Waals surface area contributed by atoms with E-state index in [-0.39, 0.29) is 24.9 Å². The molecule has 0 spiro atoms. The van der Waals surface area contributed by atoms with E-state index >= 15 is 0 Å². The van der Waals surface area contributed by atoms with Crippen LogP contribution in [0.25, 0.3) is 11.4 Å². The van der Waals surface area contributed by atoms with Gasteiger partial charge in [-0.1, -0.05) is 0 Å². The fraction of sp³-hybridized carbons (Fsp3) is 0.348. The summed E-state index contributed by atoms with van der Waals surface area (Å²) in [5, 5.41) is 5.15. The highest BCUT2D eigenvalue weighted by atomic mass is 19.4. The van der Waals surface area contributed by atoms with E-state index in [1.54, 1.807) is 30.6 Å². The molecule has 0 aliphatic carbocycles. The van der Waals surface area contributed by atoms with Gasteiger partial charge in [0.05, 0.1) is 18.4 Å². The van der Waals surface area contributed by atoms with Crippen LogP contribution in [0.3, 0.4) is 0 Å². The zero-order chi connectivity index (χ0) is 24.8. The third kappa shape index (κ3) is 6.21. The minimum Gasteiger partial charge on any atom is -0.488 e. The molecular weight excluding hydrogens is 465 g/mol. The van der Waals surface area contributed by atoms with Crippen LogP contribution >= 0.6 is 0 Å². The summed E-state index contributed by atoms with van der Waals surface area (Å²) in [6.45, 7) is 2.35. The van der Waals surface area contributed by atoms with E-state index in [1.165, 1.54) is 18.6 Å². The molecule has 1 aliphatic heterocycles. The highest BCUT2D eigenvalue weighted by Gasteiger charge is 2.41. The lowest BCUT2D eigenvalue weighted by Gasteiger charge is -2.31. The van der Waals surface area contributed by atoms with Gasteiger partial charge in [0.1, 0.15) is 11.8 Å². The second-order valence-electron chi connectivity index (χ2n) is 7.80. The van der Waals surface area contributed by atoms with Crippen molar-refractivity contribution in [2.24, 2.45) is 0 Å². The third-order valence-electron chi connectivity index (χ3n) is 5.28. The number of alkyl halides is 3. The Morgan fingerprint density at radius 2 is 1.97 bits per heavy atom. The molecule has 184 valence electrons. The number of amides is 1. The molecule has 1 aliphatic rings. The molecule has 3 aromatic heterocycles. The number of hydrogen-bond acceptors (Lipinski definition) is 8. The van der Waals surface area contributed by atoms with Crippen LogP contribution in [-0.2, 0) is 0 Å². The van der Waals surface area contributed by atoms with Gasteiger partial charge in [-0.3, -0.25) is 9.78 Å². The molecule has 4 rings (SSSR count). The van der Waals surface area contributed by atoms with Gasteiger partial charge in [0.15, 0.2) is 11.6 Å². The third-order valence-corrected chi connectivity index (χ3v) is 5.28. The summed E-state index contributed by atoms with van der Waals surface area (Å²) >= 11 is 0. The summed E-state index contributed by atoms with van der Waals surface area (Å²) in [7, 11) is 0. The number of ether oxygens (including phenoxy) is 2. The Morgan fingerprint density at radius 3 is 2.66 bits per heavy atom. The molecule has 1 fully saturated rings. The van der Waals surface area contributed by atoms with Gasteiger partial charge in [-0.15, -0.1) is 0 Å². The molecule has 1 saturated heterocycles. The van der Waals surface area contributed by atoms with E-state index in [2.05, 4.69) is 30.6 Å². The van der Waals surface area contributed by atoms with Crippen molar-refractivity contribution in [3.63, 3.8) is 0 Å². The predicted molar refractivity (Wildman–Crippen MR) is 119 cm³/mol. The van der Waals surface area contributed by atoms with Crippen molar-refractivity contribution in [3.05, 3.63) is 54.7 Å². The van der Waals surface area contributed by atoms with E-state index in [1.807, 2.05) is 6.92 Å². The summed E-state index contributed by atoms with van der Waals surface area (Å²) in [6.07, 6.45) is 3.18. The van der Waals surface area contributed by atoms with E-state index in [0.717, 1.165) is 0 Å². The number of carbonyl (C=O) groups excluding carboxylic acids is 1. The van der Waals surface area contributed by atoms with Gasteiger partial charge in [0.2, 0.25) is 0 Å². The Morgan fingerprint density at radius 1 is 1.17 bits per heavy atom. The van der Waals surface area contributed by atoms with Crippen LogP contribution in [0.5, 0.6) is 17.4 Å². The first-order valence-electron chi connectivity index (χ1n) is 11.0. The Balaban J connectivity index is 1.39. The summed E-state index contributed by atoms with van der Waals surface area (Å²) in [4.78, 5) is 29.3. The average Bonchev–Trinajstić information content (AvgIpc) is 2.85. The summed E-state index contributed by atoms with van der Waals surface area (Å²) in [5.74, 6) is 1.05. The zero-order valence-corrected chi connectivity index (χ0v) is 18.7. The van der Waals surface area contributed by atoms with Gasteiger partial charge < -0.3 is 20.1 Å². The van der Waals surface area contributed by atoms with Crippen LogP contribution in [0.15, 0.2) is 49.2 Å². The Hall–Kier alpha value is -3.80. The number of piperidine rings is 1. The monoisotopic (exact) mass is 488 g/mol. The van der Waals surface area contributed by atoms with Gasteiger partial charge in [-0.05, 0) is 38.0 Å². The summed E-state index contributed by atoms with van der Waals surface area (Å²) in [5.41, 5.74) is 0.750. The molecule has 2 unspecified atom stereocenters. The van der Waals surface area contributed by atoms with Gasteiger partial charge in [0, 0.05) is 42.9 Å². The molecule has 0 bridgehead atoms. The highest BCUT2D eigenvalue weighted by molar-refractivity contribution is 5.93. The van der Waals surface area contributed by atoms with Gasteiger partial charge >= 0.3 is 6.18 Å². The number of nitrogens with one attached hydrogen (secondary N) is 2. The van der Waals surface area contributed by atoms with Gasteiger partial charge in [-0.2, -0.15) is 13.2 Å². The van der Waals surface area contributed by atoms with Crippen molar-refractivity contribution in [2.45, 2.75) is 38.0 Å². The molecular formula is C23H23F3N6O3. The maximum Gasteiger partial charge on any atom is 0.403 e. The second-order valence-corrected chi connectivity index (χ2v) is 7.80. The van der Waals surface area contributed by atoms with Crippen LogP contribution < -0.4 is 20.1 Å². The van der Waals surface area contributed by atoms with Crippen molar-refractivity contribution >= 4 is 5.91 Å². The first kappa shape index (κ1) is 24.3. The first-order valence-corrected chi connectivity index (χ1v) is 11.0. The van der Waals surface area contributed by atoms with Crippen molar-refractivity contribution in [3.8, 4) is 28.8 Å². The largest absolute Gasteiger partial charge is 0.488 e. The van der Waals surface area contributed by atoms with Gasteiger partial charge in [-0.25, -0.2) is 15.0 Å². The van der Waals surface area contributed by atoms with Crippen molar-refractivity contribution in [2.75, 3.05) is 13.2 Å². The second kappa shape index (κ2) is 10.6. The number of halogens is 3. The average molecular weight is 488 g/mol. The summed E-state index contributed by atoms with van der Waals surface area (Å²) < 4.78 is 49.6. The Labute approximate surface area is 199 Å². The fourth-order valence-electron chi connectivity index (χ4n) is 3.55. The maximum absolute atomic E-state index is 12.8. The molecule has 2 N–H and O–H groups in total. The van der Waals surface area contributed by atoms with Gasteiger partial charge in [0.25, 0.3) is 11.8 Å². The van der Waals surface area contributed by atoms with Crippen molar-refractivity contribution in [1.82, 2.24) is 30.6 Å². The van der Waals surface area contributed by atoms with Crippen LogP contribution in [0, 0.1) is 0 Å². The molecule has 35 heavy (non-hydrogen) atoms. The molecule has 3 aromatic rings. The lowest BCUT2D eigenvalue weighted by atomic mass is 10.00. The molecule has 4 heterocycles. The molecule has 0 saturated carbocycles. The van der Waals surface area contributed by atoms with Crippen LogP contribution in [0.1, 0.15) is 30.1 Å². The predicted octanol–water partition coefficient (Wildman–Crippen LogP) is 3.54. The smallest absolute Gasteiger partial charge is 0.403 e. The van der Waals surface area contributed by atoms with E-state index in [9.17, 15) is 18.0 Å². The molecule has 9 nitrogen and oxygen atoms in total. The molecule has 1 amide bonds. The molecule has 0 radical (unpaired) electrons. The normalized spacial score (nSPS) is 18.1. The minimum absolute atomic E-state index is 0.0363. The Bertz CT molecular complexity index is 1150. The SMILES string of the molecule is CCOc1cccnc1Oc1cncc(-c2ncc(C(=O)NC3CCC(C(F)(F)F)NC3)cn2)c1. The van der Waals surface area contributed by atoms with Crippen molar-refractivity contribution < 1.29 is 27.4 Å². The zero-order valence-electron chi connectivity index (χ0n) is 18.7. The molecule has 0 aromatic carbocycles. The Kier molecular flexibility index (Phi) is 7.39. The lowest BCUT2D eigenvalue weighted by Crippen LogP contribution is -2.54. The van der Waals surface area contributed by atoms with Crippen LogP contribution in [-0.4, -0.2) is 57.3 Å². The molecule has 12 heteroatoms. The number of pyridine rings is 2. The number of carbonyl (C=O) groups is 1. The van der Waals surface area contributed by atoms with E-state index in [4.69, 9.17) is 9.47 Å². The topological polar surface area (TPSA) is 111 Å². The van der Waals surface area contributed by atoms with Crippen LogP contribution in [0.4, 0.5) is 13.2 Å². The minimum atomic E-state index is -4.29. The molecule has 2 atom stereocenters. The fourth-order valence-corrected chi connectivity index (χ4v) is 3.55. The van der Waals surface area contributed by atoms with Crippen LogP contribution in [0.2, 0.25) is 0 Å². The number of rotatable bonds is 7. The number of hydrogen-bond donors (Lipinski definition) is 2. The van der Waals surface area contributed by atoms with E-state index < -0.39 is 24.2 Å². The number of aromatic nitrogens is 4. The quantitative estimate of drug-likeness (QED) is 0.520. The first-order chi connectivity index (χ1) is 16.8. The summed E-state index contributed by atoms with van der Waals surface area (Å²) in [6, 6.07) is 3.20. The maximum atomic E-state index is 12.8. The number of nitrogens with zero attached hydrogens (tertiary/aromatic N) is 4.